The molecule has 3 nitrogen and oxygen atoms in total. The number of nitrogens with two attached hydrogens (primary N) is 1. The van der Waals surface area contributed by atoms with Crippen molar-refractivity contribution in [3.8, 4) is 0 Å². The van der Waals surface area contributed by atoms with Crippen LogP contribution in [0.3, 0.4) is 0 Å². The van der Waals surface area contributed by atoms with Crippen LogP contribution in [0.4, 0.5) is 0 Å². The summed E-state index contributed by atoms with van der Waals surface area (Å²) in [5, 5.41) is 0.686. The van der Waals surface area contributed by atoms with Crippen LogP contribution >= 0.6 is 0 Å². The molecule has 0 unspecified atom stereocenters. The Morgan fingerprint density at radius 1 is 1.50 bits per heavy atom. The Labute approximate surface area is 70.9 Å². The average molecular weight is 164 g/mol. The van der Waals surface area contributed by atoms with E-state index in [1.165, 1.54) is 6.20 Å². The van der Waals surface area contributed by atoms with Gasteiger partial charge in [0, 0.05) is 13.1 Å². The van der Waals surface area contributed by atoms with Crippen LogP contribution in [0.1, 0.15) is 12.8 Å². The summed E-state index contributed by atoms with van der Waals surface area (Å²) < 4.78 is 5.28. The Kier molecular flexibility index (Phi) is 2.69. The van der Waals surface area contributed by atoms with E-state index in [0.29, 0.717) is 16.7 Å². The van der Waals surface area contributed by atoms with Gasteiger partial charge >= 0.3 is 0 Å². The fourth-order valence-corrected chi connectivity index (χ4v) is 0.881. The van der Waals surface area contributed by atoms with Crippen molar-refractivity contribution in [1.29, 1.82) is 0 Å². The van der Waals surface area contributed by atoms with Gasteiger partial charge in [-0.05, 0) is 13.0 Å². The molecule has 0 aromatic carbocycles. The molecule has 3 heteroatoms. The summed E-state index contributed by atoms with van der Waals surface area (Å²) >= 11 is 0. The molecule has 1 aromatic rings. The van der Waals surface area contributed by atoms with Crippen LogP contribution in [0.2, 0.25) is 0 Å². The number of oxazole rings is 1. The van der Waals surface area contributed by atoms with E-state index in [9.17, 15) is 0 Å². The number of aryl methyl sites for hydroxylation is 1. The smallest absolute Gasteiger partial charge is 0.192 e. The van der Waals surface area contributed by atoms with Crippen LogP contribution in [0, 0.1) is 6.92 Å². The quantitative estimate of drug-likeness (QED) is 0.637. The Morgan fingerprint density at radius 2 is 2.25 bits per heavy atom. The van der Waals surface area contributed by atoms with Gasteiger partial charge in [-0.2, -0.15) is 0 Å². The van der Waals surface area contributed by atoms with Crippen LogP contribution in [0.5, 0.6) is 0 Å². The summed E-state index contributed by atoms with van der Waals surface area (Å²) in [7, 11) is 0. The second-order valence-corrected chi connectivity index (χ2v) is 2.34. The SMILES string of the molecule is C/C=C/C=c1/oc(C)n/c1=C/N. The highest BCUT2D eigenvalue weighted by Crippen LogP contribution is 1.79. The monoisotopic (exact) mass is 164 g/mol. The Morgan fingerprint density at radius 3 is 2.83 bits per heavy atom. The first-order chi connectivity index (χ1) is 5.77. The van der Waals surface area contributed by atoms with Gasteiger partial charge in [-0.1, -0.05) is 12.2 Å². The molecular formula is C9H12N2O. The van der Waals surface area contributed by atoms with Gasteiger partial charge in [0.15, 0.2) is 11.3 Å². The zero-order chi connectivity index (χ0) is 8.97. The van der Waals surface area contributed by atoms with Crippen LogP contribution < -0.4 is 16.5 Å². The van der Waals surface area contributed by atoms with Crippen molar-refractivity contribution >= 4 is 12.3 Å². The number of nitrogens with zero attached hydrogens (tertiary/aromatic N) is 1. The molecule has 0 aliphatic rings. The third kappa shape index (κ3) is 1.75. The normalized spacial score (nSPS) is 14.8. The molecule has 0 atom stereocenters. The highest BCUT2D eigenvalue weighted by molar-refractivity contribution is 5.34. The fraction of sp³-hybridized carbons (Fsp3) is 0.222. The average Bonchev–Trinajstić information content (AvgIpc) is 2.42. The minimum absolute atomic E-state index is 0.627. The first-order valence-electron chi connectivity index (χ1n) is 3.76. The molecule has 0 aliphatic carbocycles. The molecule has 2 N–H and O–H groups in total. The van der Waals surface area contributed by atoms with Crippen LogP contribution in [-0.4, -0.2) is 4.98 Å². The first-order valence-corrected chi connectivity index (χ1v) is 3.76. The number of hydrogen-bond acceptors (Lipinski definition) is 3. The van der Waals surface area contributed by atoms with Crippen molar-refractivity contribution in [2.45, 2.75) is 13.8 Å². The minimum Gasteiger partial charge on any atom is -0.441 e. The number of rotatable bonds is 1. The maximum absolute atomic E-state index is 5.34. The lowest BCUT2D eigenvalue weighted by atomic mass is 10.4. The van der Waals surface area contributed by atoms with E-state index in [0.717, 1.165) is 0 Å². The zero-order valence-corrected chi connectivity index (χ0v) is 7.24. The predicted octanol–water partition coefficient (Wildman–Crippen LogP) is 0.0363. The fourth-order valence-electron chi connectivity index (χ4n) is 0.881. The highest BCUT2D eigenvalue weighted by Gasteiger charge is 1.92. The molecule has 12 heavy (non-hydrogen) atoms. The van der Waals surface area contributed by atoms with E-state index in [2.05, 4.69) is 4.98 Å². The van der Waals surface area contributed by atoms with Gasteiger partial charge in [-0.3, -0.25) is 0 Å². The van der Waals surface area contributed by atoms with E-state index >= 15 is 0 Å². The summed E-state index contributed by atoms with van der Waals surface area (Å²) in [5.74, 6) is 0.627. The lowest BCUT2D eigenvalue weighted by molar-refractivity contribution is 0.492. The van der Waals surface area contributed by atoms with Crippen molar-refractivity contribution in [3.63, 3.8) is 0 Å². The summed E-state index contributed by atoms with van der Waals surface area (Å²) in [4.78, 5) is 4.07. The molecule has 0 aliphatic heterocycles. The van der Waals surface area contributed by atoms with Crippen LogP contribution in [-0.2, 0) is 0 Å². The molecule has 64 valence electrons. The Balaban J connectivity index is 3.32. The highest BCUT2D eigenvalue weighted by atomic mass is 16.3. The van der Waals surface area contributed by atoms with E-state index in [1.807, 2.05) is 25.2 Å². The van der Waals surface area contributed by atoms with Crippen LogP contribution in [0.25, 0.3) is 12.3 Å². The van der Waals surface area contributed by atoms with E-state index in [-0.39, 0.29) is 0 Å². The second-order valence-electron chi connectivity index (χ2n) is 2.34. The van der Waals surface area contributed by atoms with Crippen molar-refractivity contribution in [2.24, 2.45) is 5.73 Å². The molecule has 0 saturated heterocycles. The third-order valence-electron chi connectivity index (χ3n) is 1.39. The second kappa shape index (κ2) is 3.76. The standard InChI is InChI=1S/C9H12N2O/c1-3-4-5-9-8(6-10)11-7(2)12-9/h3-6H,10H2,1-2H3/b4-3+,8-6+,9-5+. The summed E-state index contributed by atoms with van der Waals surface area (Å²) in [6, 6.07) is 0. The van der Waals surface area contributed by atoms with Gasteiger partial charge in [-0.15, -0.1) is 0 Å². The van der Waals surface area contributed by atoms with Gasteiger partial charge in [0.05, 0.1) is 0 Å². The third-order valence-corrected chi connectivity index (χ3v) is 1.39. The maximum atomic E-state index is 5.34. The van der Waals surface area contributed by atoms with Gasteiger partial charge in [0.25, 0.3) is 0 Å². The molecule has 1 heterocycles. The number of hydrogen-bond donors (Lipinski definition) is 1. The topological polar surface area (TPSA) is 52.0 Å². The Hall–Kier alpha value is -1.51. The first kappa shape index (κ1) is 8.59. The number of aromatic nitrogens is 1. The number of allylic oxidation sites excluding steroid dienone is 2. The van der Waals surface area contributed by atoms with Gasteiger partial charge in [-0.25, -0.2) is 4.98 Å². The molecule has 1 rings (SSSR count). The van der Waals surface area contributed by atoms with Crippen molar-refractivity contribution in [1.82, 2.24) is 4.98 Å². The summed E-state index contributed by atoms with van der Waals surface area (Å²) in [5.41, 5.74) is 6.05. The van der Waals surface area contributed by atoms with E-state index in [1.54, 1.807) is 6.92 Å². The minimum atomic E-state index is 0.627. The molecule has 0 radical (unpaired) electrons. The van der Waals surface area contributed by atoms with E-state index < -0.39 is 0 Å². The zero-order valence-electron chi connectivity index (χ0n) is 7.24. The molecule has 1 aromatic heterocycles. The largest absolute Gasteiger partial charge is 0.441 e. The Bertz CT molecular complexity index is 387. The predicted molar refractivity (Wildman–Crippen MR) is 48.4 cm³/mol. The van der Waals surface area contributed by atoms with Crippen molar-refractivity contribution in [3.05, 3.63) is 28.8 Å². The van der Waals surface area contributed by atoms with E-state index in [4.69, 9.17) is 10.2 Å². The molecule has 0 spiro atoms. The lowest BCUT2D eigenvalue weighted by Gasteiger charge is -1.73. The summed E-state index contributed by atoms with van der Waals surface area (Å²) in [6.07, 6.45) is 7.07. The molecule has 0 amide bonds. The van der Waals surface area contributed by atoms with Crippen LogP contribution in [0.15, 0.2) is 16.6 Å². The van der Waals surface area contributed by atoms with Crippen molar-refractivity contribution in [2.75, 3.05) is 0 Å². The summed E-state index contributed by atoms with van der Waals surface area (Å²) in [6.45, 7) is 3.73. The molecular weight excluding hydrogens is 152 g/mol. The molecule has 0 saturated carbocycles. The maximum Gasteiger partial charge on any atom is 0.192 e. The van der Waals surface area contributed by atoms with Gasteiger partial charge in [0.1, 0.15) is 5.35 Å². The lowest BCUT2D eigenvalue weighted by Crippen LogP contribution is -2.23. The molecule has 0 bridgehead atoms. The molecule has 0 fully saturated rings. The van der Waals surface area contributed by atoms with Crippen molar-refractivity contribution < 1.29 is 4.42 Å². The van der Waals surface area contributed by atoms with Gasteiger partial charge < -0.3 is 10.2 Å². The van der Waals surface area contributed by atoms with Gasteiger partial charge in [0.2, 0.25) is 0 Å².